The third-order valence-corrected chi connectivity index (χ3v) is 8.48. The van der Waals surface area contributed by atoms with E-state index in [0.29, 0.717) is 9.21 Å². The third kappa shape index (κ3) is 5.58. The van der Waals surface area contributed by atoms with Crippen molar-refractivity contribution in [2.45, 2.75) is 24.4 Å². The van der Waals surface area contributed by atoms with Crippen molar-refractivity contribution in [3.8, 4) is 0 Å². The summed E-state index contributed by atoms with van der Waals surface area (Å²) in [6, 6.07) is 3.07. The van der Waals surface area contributed by atoms with Crippen LogP contribution in [0.3, 0.4) is 0 Å². The van der Waals surface area contributed by atoms with Crippen molar-refractivity contribution in [1.82, 2.24) is 24.7 Å². The number of hydrogen-bond acceptors (Lipinski definition) is 10. The summed E-state index contributed by atoms with van der Waals surface area (Å²) in [5.74, 6) is -3.46. The fourth-order valence-corrected chi connectivity index (χ4v) is 6.29. The van der Waals surface area contributed by atoms with Gasteiger partial charge in [-0.2, -0.15) is 8.42 Å². The van der Waals surface area contributed by atoms with E-state index < -0.39 is 63.5 Å². The Bertz CT molecular complexity index is 1420. The van der Waals surface area contributed by atoms with Gasteiger partial charge in [0.15, 0.2) is 0 Å². The van der Waals surface area contributed by atoms with Crippen LogP contribution in [0.2, 0.25) is 0 Å². The number of thioether (sulfide) groups is 1. The van der Waals surface area contributed by atoms with Gasteiger partial charge >= 0.3 is 34.2 Å². The molecule has 0 radical (unpaired) electrons. The number of ether oxygens (including phenoxy) is 1. The highest BCUT2D eigenvalue weighted by Gasteiger charge is 2.54. The maximum absolute atomic E-state index is 13.4. The molecule has 0 aliphatic carbocycles. The predicted octanol–water partition coefficient (Wildman–Crippen LogP) is -1.32. The summed E-state index contributed by atoms with van der Waals surface area (Å²) >= 11 is 1.16. The van der Waals surface area contributed by atoms with Crippen LogP contribution in [0.25, 0.3) is 0 Å². The molecular weight excluding hydrogens is 572 g/mol. The van der Waals surface area contributed by atoms with E-state index in [9.17, 15) is 42.3 Å². The molecule has 0 saturated carbocycles. The molecule has 3 atom stereocenters. The van der Waals surface area contributed by atoms with Crippen molar-refractivity contribution in [2.24, 2.45) is 5.14 Å². The number of carboxylic acids is 1. The molecule has 6 amide bonds. The quantitative estimate of drug-likeness (QED) is 0.203. The van der Waals surface area contributed by atoms with Crippen LogP contribution in [0, 0.1) is 0 Å². The first kappa shape index (κ1) is 28.8. The van der Waals surface area contributed by atoms with Gasteiger partial charge in [0.25, 0.3) is 5.91 Å². The van der Waals surface area contributed by atoms with Crippen molar-refractivity contribution in [2.75, 3.05) is 25.4 Å². The Morgan fingerprint density at radius 1 is 1.18 bits per heavy atom. The Morgan fingerprint density at radius 3 is 2.42 bits per heavy atom. The van der Waals surface area contributed by atoms with Gasteiger partial charge in [-0.3, -0.25) is 19.3 Å². The first-order chi connectivity index (χ1) is 18.8. The van der Waals surface area contributed by atoms with Crippen LogP contribution in [0.15, 0.2) is 41.6 Å². The molecule has 3 aliphatic rings. The summed E-state index contributed by atoms with van der Waals surface area (Å²) in [7, 11) is -4.40. The van der Waals surface area contributed by atoms with E-state index in [1.165, 1.54) is 12.1 Å². The van der Waals surface area contributed by atoms with Crippen LogP contribution in [0.5, 0.6) is 0 Å². The third-order valence-electron chi connectivity index (χ3n) is 6.18. The van der Waals surface area contributed by atoms with Gasteiger partial charge in [-0.05, 0) is 5.56 Å². The van der Waals surface area contributed by atoms with E-state index in [2.05, 4.69) is 10.6 Å². The molecule has 0 aromatic heterocycles. The number of carbonyl (C=O) groups is 6. The van der Waals surface area contributed by atoms with Crippen LogP contribution in [0.4, 0.5) is 9.59 Å². The lowest BCUT2D eigenvalue weighted by molar-refractivity contribution is -0.151. The molecule has 214 valence electrons. The maximum Gasteiger partial charge on any atom is 0.352 e. The number of carboxylic acid groups (broad SMARTS) is 1. The molecule has 3 aliphatic heterocycles. The molecule has 2 unspecified atom stereocenters. The number of fused-ring (bicyclic) bond motifs is 1. The number of β-lactam (4-membered cyclic amide) rings is 1. The zero-order chi connectivity index (χ0) is 29.4. The SMILES string of the molecule is CC(=O)OCC1=C(C(=O)O)N2C(=O)C(NC(=O)C(NC(=O)N3CCN(S(N)(=O)=O)C3=O)c3ccccc3)[C@@H]2SC1. The summed E-state index contributed by atoms with van der Waals surface area (Å²) in [6.45, 7) is 0.186. The van der Waals surface area contributed by atoms with Gasteiger partial charge in [0, 0.05) is 18.2 Å². The molecule has 40 heavy (non-hydrogen) atoms. The molecule has 2 saturated heterocycles. The predicted molar refractivity (Wildman–Crippen MR) is 136 cm³/mol. The lowest BCUT2D eigenvalue weighted by Gasteiger charge is -2.49. The summed E-state index contributed by atoms with van der Waals surface area (Å²) in [5, 5.41) is 18.8. The van der Waals surface area contributed by atoms with E-state index in [4.69, 9.17) is 9.88 Å². The van der Waals surface area contributed by atoms with E-state index in [1.54, 1.807) is 18.2 Å². The van der Waals surface area contributed by atoms with Gasteiger partial charge in [-0.25, -0.2) is 28.7 Å². The molecule has 5 N–H and O–H groups in total. The minimum Gasteiger partial charge on any atom is -0.477 e. The number of nitrogens with two attached hydrogens (primary N) is 1. The number of imide groups is 1. The van der Waals surface area contributed by atoms with Gasteiger partial charge in [-0.1, -0.05) is 30.3 Å². The minimum absolute atomic E-state index is 0.117. The lowest BCUT2D eigenvalue weighted by Crippen LogP contribution is -2.71. The number of esters is 1. The molecule has 0 spiro atoms. The molecule has 2 fully saturated rings. The zero-order valence-corrected chi connectivity index (χ0v) is 22.4. The van der Waals surface area contributed by atoms with Crippen molar-refractivity contribution >= 4 is 57.8 Å². The number of hydrogen-bond donors (Lipinski definition) is 4. The van der Waals surface area contributed by atoms with Gasteiger partial charge < -0.3 is 20.5 Å². The number of benzene rings is 1. The van der Waals surface area contributed by atoms with Crippen LogP contribution in [-0.2, 0) is 34.1 Å². The van der Waals surface area contributed by atoms with E-state index in [0.717, 1.165) is 23.6 Å². The highest BCUT2D eigenvalue weighted by atomic mass is 32.2. The largest absolute Gasteiger partial charge is 0.477 e. The zero-order valence-electron chi connectivity index (χ0n) is 20.8. The van der Waals surface area contributed by atoms with E-state index >= 15 is 0 Å². The highest BCUT2D eigenvalue weighted by Crippen LogP contribution is 2.40. The Balaban J connectivity index is 1.51. The molecule has 3 heterocycles. The highest BCUT2D eigenvalue weighted by molar-refractivity contribution is 8.00. The number of amides is 6. The van der Waals surface area contributed by atoms with Crippen molar-refractivity contribution < 1.29 is 47.0 Å². The number of urea groups is 2. The van der Waals surface area contributed by atoms with Crippen molar-refractivity contribution in [3.63, 3.8) is 0 Å². The molecule has 4 rings (SSSR count). The standard InChI is InChI=1S/C22H24N6O10S2/c1-11(29)38-9-13-10-39-19-15(18(31)28(19)16(13)20(32)33)24-17(30)14(12-5-3-2-4-6-12)25-21(34)26-7-8-27(22(26)35)40(23,36)37/h2-6,14-15,19H,7-10H2,1H3,(H,24,30)(H,25,34)(H,32,33)(H2,23,36,37)/t14?,15?,19-/m0/s1. The Hall–Kier alpha value is -4.16. The molecule has 1 aromatic rings. The van der Waals surface area contributed by atoms with Crippen LogP contribution < -0.4 is 15.8 Å². The normalized spacial score (nSPS) is 21.4. The second-order valence-corrected chi connectivity index (χ2v) is 11.4. The van der Waals surface area contributed by atoms with Gasteiger partial charge in [0.2, 0.25) is 5.91 Å². The fourth-order valence-electron chi connectivity index (χ4n) is 4.31. The first-order valence-electron chi connectivity index (χ1n) is 11.6. The van der Waals surface area contributed by atoms with E-state index in [-0.39, 0.29) is 42.3 Å². The number of carbonyl (C=O) groups excluding carboxylic acids is 5. The summed E-state index contributed by atoms with van der Waals surface area (Å²) in [4.78, 5) is 76.3. The van der Waals surface area contributed by atoms with Gasteiger partial charge in [0.05, 0.1) is 13.1 Å². The van der Waals surface area contributed by atoms with E-state index in [1.807, 2.05) is 0 Å². The Morgan fingerprint density at radius 2 is 1.85 bits per heavy atom. The molecule has 0 bridgehead atoms. The molecule has 18 heteroatoms. The summed E-state index contributed by atoms with van der Waals surface area (Å²) in [5.41, 5.74) is 0.179. The number of aliphatic carboxylic acids is 1. The van der Waals surface area contributed by atoms with Gasteiger partial charge in [0.1, 0.15) is 29.8 Å². The van der Waals surface area contributed by atoms with Crippen LogP contribution >= 0.6 is 11.8 Å². The average Bonchev–Trinajstić information content (AvgIpc) is 3.30. The smallest absolute Gasteiger partial charge is 0.352 e. The number of nitrogens with zero attached hydrogens (tertiary/aromatic N) is 3. The van der Waals surface area contributed by atoms with Crippen LogP contribution in [-0.4, -0.2) is 100 Å². The Labute approximate surface area is 231 Å². The van der Waals surface area contributed by atoms with Crippen molar-refractivity contribution in [1.29, 1.82) is 0 Å². The topological polar surface area (TPSA) is 226 Å². The Kier molecular flexibility index (Phi) is 8.03. The number of rotatable bonds is 8. The molecule has 1 aromatic carbocycles. The second-order valence-electron chi connectivity index (χ2n) is 8.78. The summed E-state index contributed by atoms with van der Waals surface area (Å²) < 4.78 is 28.4. The minimum atomic E-state index is -4.40. The first-order valence-corrected chi connectivity index (χ1v) is 14.2. The lowest BCUT2D eigenvalue weighted by atomic mass is 10.0. The summed E-state index contributed by atoms with van der Waals surface area (Å²) in [6.07, 6.45) is 0. The second kappa shape index (κ2) is 11.1. The van der Waals surface area contributed by atoms with Crippen LogP contribution in [0.1, 0.15) is 18.5 Å². The molecule has 16 nitrogen and oxygen atoms in total. The monoisotopic (exact) mass is 596 g/mol. The maximum atomic E-state index is 13.4. The van der Waals surface area contributed by atoms with Gasteiger partial charge in [-0.15, -0.1) is 11.8 Å². The average molecular weight is 597 g/mol. The number of nitrogens with one attached hydrogen (secondary N) is 2. The van der Waals surface area contributed by atoms with Crippen molar-refractivity contribution in [3.05, 3.63) is 47.2 Å². The molecular formula is C22H24N6O10S2. The fraction of sp³-hybridized carbons (Fsp3) is 0.364.